The molecule has 0 amide bonds. The van der Waals surface area contributed by atoms with Gasteiger partial charge in [0.25, 0.3) is 0 Å². The van der Waals surface area contributed by atoms with Gasteiger partial charge in [-0.1, -0.05) is 30.3 Å². The van der Waals surface area contributed by atoms with Crippen LogP contribution in [-0.4, -0.2) is 41.8 Å². The number of rotatable bonds is 8. The van der Waals surface area contributed by atoms with E-state index in [0.717, 1.165) is 66.9 Å². The van der Waals surface area contributed by atoms with Gasteiger partial charge in [0.05, 0.1) is 0 Å². The minimum absolute atomic E-state index is 0. The minimum atomic E-state index is -0.232. The van der Waals surface area contributed by atoms with E-state index in [1.54, 1.807) is 6.07 Å². The molecule has 3 aromatic carbocycles. The molecule has 0 aliphatic carbocycles. The van der Waals surface area contributed by atoms with Crippen molar-refractivity contribution in [3.8, 4) is 5.75 Å². The molecular weight excluding hydrogens is 541 g/mol. The summed E-state index contributed by atoms with van der Waals surface area (Å²) in [5.41, 5.74) is 3.56. The topological polar surface area (TPSA) is 32.8 Å². The SMILES string of the molecule is Cl.Cl.O=C(CCC1CCN(Cc2ccccc2F)CC1)c1ccc2c(c1)CN(Cc1ccc(F)cc1)CCO2. The van der Waals surface area contributed by atoms with E-state index in [1.807, 2.05) is 42.5 Å². The van der Waals surface area contributed by atoms with E-state index in [2.05, 4.69) is 9.80 Å². The fraction of sp³-hybridized carbons (Fsp3) is 0.387. The Labute approximate surface area is 242 Å². The van der Waals surface area contributed by atoms with Crippen LogP contribution in [0.5, 0.6) is 5.75 Å². The van der Waals surface area contributed by atoms with E-state index < -0.39 is 0 Å². The Kier molecular flexibility index (Phi) is 11.7. The predicted molar refractivity (Wildman–Crippen MR) is 155 cm³/mol. The summed E-state index contributed by atoms with van der Waals surface area (Å²) >= 11 is 0. The van der Waals surface area contributed by atoms with Crippen molar-refractivity contribution in [3.05, 3.63) is 101 Å². The van der Waals surface area contributed by atoms with Gasteiger partial charge >= 0.3 is 0 Å². The average molecular weight is 578 g/mol. The molecule has 1 saturated heterocycles. The summed E-state index contributed by atoms with van der Waals surface area (Å²) in [4.78, 5) is 17.6. The summed E-state index contributed by atoms with van der Waals surface area (Å²) < 4.78 is 33.2. The van der Waals surface area contributed by atoms with Gasteiger partial charge in [-0.2, -0.15) is 0 Å². The second-order valence-corrected chi connectivity index (χ2v) is 10.3. The molecule has 0 aromatic heterocycles. The van der Waals surface area contributed by atoms with E-state index in [0.29, 0.717) is 38.6 Å². The number of ether oxygens (including phenoxy) is 1. The maximum absolute atomic E-state index is 14.0. The largest absolute Gasteiger partial charge is 0.492 e. The van der Waals surface area contributed by atoms with E-state index in [1.165, 1.54) is 18.2 Å². The molecule has 2 aliphatic heterocycles. The molecule has 4 nitrogen and oxygen atoms in total. The Morgan fingerprint density at radius 1 is 0.872 bits per heavy atom. The number of hydrogen-bond donors (Lipinski definition) is 0. The van der Waals surface area contributed by atoms with Crippen molar-refractivity contribution in [3.63, 3.8) is 0 Å². The van der Waals surface area contributed by atoms with Crippen molar-refractivity contribution < 1.29 is 18.3 Å². The monoisotopic (exact) mass is 576 g/mol. The first kappa shape index (κ1) is 31.0. The Bertz CT molecular complexity index is 1220. The first-order valence-corrected chi connectivity index (χ1v) is 13.2. The van der Waals surface area contributed by atoms with Crippen LogP contribution >= 0.6 is 24.8 Å². The molecule has 2 heterocycles. The summed E-state index contributed by atoms with van der Waals surface area (Å²) in [6.07, 6.45) is 3.50. The van der Waals surface area contributed by atoms with Gasteiger partial charge in [-0.3, -0.25) is 14.6 Å². The molecule has 0 radical (unpaired) electrons. The molecule has 210 valence electrons. The predicted octanol–water partition coefficient (Wildman–Crippen LogP) is 7.08. The van der Waals surface area contributed by atoms with E-state index in [-0.39, 0.29) is 42.2 Å². The van der Waals surface area contributed by atoms with Crippen molar-refractivity contribution in [1.29, 1.82) is 0 Å². The third-order valence-electron chi connectivity index (χ3n) is 7.60. The first-order valence-electron chi connectivity index (χ1n) is 13.2. The highest BCUT2D eigenvalue weighted by molar-refractivity contribution is 5.96. The van der Waals surface area contributed by atoms with Crippen LogP contribution in [0, 0.1) is 17.6 Å². The lowest BCUT2D eigenvalue weighted by atomic mass is 9.90. The number of carbonyl (C=O) groups excluding carboxylic acids is 1. The maximum Gasteiger partial charge on any atom is 0.162 e. The van der Waals surface area contributed by atoms with Crippen LogP contribution in [0.25, 0.3) is 0 Å². The van der Waals surface area contributed by atoms with Crippen molar-refractivity contribution >= 4 is 30.6 Å². The zero-order valence-corrected chi connectivity index (χ0v) is 23.6. The Balaban J connectivity index is 0.00000210. The second-order valence-electron chi connectivity index (χ2n) is 10.3. The summed E-state index contributed by atoms with van der Waals surface area (Å²) in [5, 5.41) is 0. The second kappa shape index (κ2) is 14.8. The van der Waals surface area contributed by atoms with E-state index in [9.17, 15) is 13.6 Å². The Hall–Kier alpha value is -2.51. The number of carbonyl (C=O) groups is 1. The van der Waals surface area contributed by atoms with Crippen LogP contribution in [0.3, 0.4) is 0 Å². The molecule has 39 heavy (non-hydrogen) atoms. The molecule has 0 spiro atoms. The average Bonchev–Trinajstić information content (AvgIpc) is 3.12. The summed E-state index contributed by atoms with van der Waals surface area (Å²) in [6, 6.07) is 19.4. The fourth-order valence-electron chi connectivity index (χ4n) is 5.39. The zero-order chi connectivity index (χ0) is 25.6. The fourth-order valence-corrected chi connectivity index (χ4v) is 5.39. The molecule has 2 aliphatic rings. The van der Waals surface area contributed by atoms with Crippen molar-refractivity contribution in [2.75, 3.05) is 26.2 Å². The molecule has 8 heteroatoms. The molecule has 0 saturated carbocycles. The van der Waals surface area contributed by atoms with Crippen LogP contribution in [0.4, 0.5) is 8.78 Å². The zero-order valence-electron chi connectivity index (χ0n) is 22.0. The van der Waals surface area contributed by atoms with Crippen LogP contribution in [-0.2, 0) is 19.6 Å². The van der Waals surface area contributed by atoms with Gasteiger partial charge in [-0.15, -0.1) is 24.8 Å². The highest BCUT2D eigenvalue weighted by Gasteiger charge is 2.22. The lowest BCUT2D eigenvalue weighted by Gasteiger charge is -2.32. The number of piperidine rings is 1. The molecule has 0 bridgehead atoms. The minimum Gasteiger partial charge on any atom is -0.492 e. The Morgan fingerprint density at radius 2 is 1.62 bits per heavy atom. The van der Waals surface area contributed by atoms with Gasteiger partial charge in [0.1, 0.15) is 24.0 Å². The van der Waals surface area contributed by atoms with Gasteiger partial charge in [0.15, 0.2) is 5.78 Å². The summed E-state index contributed by atoms with van der Waals surface area (Å²) in [5.74, 6) is 1.16. The molecular formula is C31H36Cl2F2N2O2. The van der Waals surface area contributed by atoms with Crippen LogP contribution in [0.2, 0.25) is 0 Å². The number of nitrogens with zero attached hydrogens (tertiary/aromatic N) is 2. The molecule has 0 unspecified atom stereocenters. The Morgan fingerprint density at radius 3 is 2.36 bits per heavy atom. The van der Waals surface area contributed by atoms with Crippen molar-refractivity contribution in [2.45, 2.75) is 45.3 Å². The number of hydrogen-bond acceptors (Lipinski definition) is 4. The van der Waals surface area contributed by atoms with Gasteiger partial charge in [0.2, 0.25) is 0 Å². The normalized spacial score (nSPS) is 16.3. The van der Waals surface area contributed by atoms with Crippen LogP contribution in [0.1, 0.15) is 52.7 Å². The smallest absolute Gasteiger partial charge is 0.162 e. The van der Waals surface area contributed by atoms with E-state index in [4.69, 9.17) is 4.74 Å². The van der Waals surface area contributed by atoms with Crippen LogP contribution in [0.15, 0.2) is 66.7 Å². The highest BCUT2D eigenvalue weighted by Crippen LogP contribution is 2.28. The van der Waals surface area contributed by atoms with Gasteiger partial charge in [-0.25, -0.2) is 8.78 Å². The number of Topliss-reactive ketones (excluding diaryl/α,β-unsaturated/α-hetero) is 1. The molecule has 1 fully saturated rings. The lowest BCUT2D eigenvalue weighted by Crippen LogP contribution is -2.33. The molecule has 5 rings (SSSR count). The summed E-state index contributed by atoms with van der Waals surface area (Å²) in [7, 11) is 0. The number of benzene rings is 3. The van der Waals surface area contributed by atoms with Gasteiger partial charge in [-0.05, 0) is 80.2 Å². The van der Waals surface area contributed by atoms with Gasteiger partial charge < -0.3 is 4.74 Å². The third kappa shape index (κ3) is 8.49. The molecule has 0 N–H and O–H groups in total. The summed E-state index contributed by atoms with van der Waals surface area (Å²) in [6.45, 7) is 5.27. The maximum atomic E-state index is 14.0. The number of fused-ring (bicyclic) bond motifs is 1. The molecule has 0 atom stereocenters. The first-order chi connectivity index (χ1) is 18.0. The van der Waals surface area contributed by atoms with Crippen molar-refractivity contribution in [1.82, 2.24) is 9.80 Å². The molecule has 3 aromatic rings. The number of ketones is 1. The third-order valence-corrected chi connectivity index (χ3v) is 7.60. The number of halogens is 4. The quantitative estimate of drug-likeness (QED) is 0.268. The van der Waals surface area contributed by atoms with E-state index >= 15 is 0 Å². The highest BCUT2D eigenvalue weighted by atomic mass is 35.5. The van der Waals surface area contributed by atoms with Gasteiger partial charge in [0, 0.05) is 49.3 Å². The van der Waals surface area contributed by atoms with Crippen LogP contribution < -0.4 is 4.74 Å². The lowest BCUT2D eigenvalue weighted by molar-refractivity contribution is 0.0961. The van der Waals surface area contributed by atoms with Crippen molar-refractivity contribution in [2.24, 2.45) is 5.92 Å². The number of likely N-dealkylation sites (tertiary alicyclic amines) is 1. The standard InChI is InChI=1S/C31H34F2N2O2.2ClH/c32-28-9-5-24(6-10-28)20-35-17-18-37-31-12-8-25(19-27(31)22-35)30(36)11-7-23-13-15-34(16-14-23)21-26-3-1-2-4-29(26)33;;/h1-6,8-10,12,19,23H,7,11,13-18,20-22H2;2*1H.